The third-order valence-corrected chi connectivity index (χ3v) is 5.52. The third-order valence-electron chi connectivity index (χ3n) is 5.52. The number of carbonyl (C=O) groups excluding carboxylic acids is 7. The largest absolute Gasteiger partial charge is 0.347 e. The number of ketones is 1. The number of carbonyl (C=O) groups is 7. The average molecular weight is 528 g/mol. The van der Waals surface area contributed by atoms with Crippen molar-refractivity contribution >= 4 is 41.2 Å². The molecule has 0 aromatic heterocycles. The Morgan fingerprint density at radius 2 is 1.39 bits per heavy atom. The number of hydrogen-bond acceptors (Lipinski definition) is 7. The highest BCUT2D eigenvalue weighted by Gasteiger charge is 2.23. The maximum absolute atomic E-state index is 12.5. The van der Waals surface area contributed by atoms with Crippen LogP contribution in [0, 0.1) is 0 Å². The number of hydrogen-bond donors (Lipinski definition) is 4. The molecule has 0 aliphatic carbocycles. The minimum absolute atomic E-state index is 0.161. The van der Waals surface area contributed by atoms with E-state index >= 15 is 0 Å². The molecule has 4 N–H and O–H groups in total. The molecule has 0 bridgehead atoms. The number of Topliss-reactive ketones (excluding diaryl/α,β-unsaturated/α-hetero) is 1. The first-order chi connectivity index (χ1) is 18.2. The van der Waals surface area contributed by atoms with Crippen molar-refractivity contribution in [2.75, 3.05) is 26.2 Å². The van der Waals surface area contributed by atoms with Crippen LogP contribution in [0.2, 0.25) is 0 Å². The number of rotatable bonds is 16. The van der Waals surface area contributed by atoms with Gasteiger partial charge in [0.2, 0.25) is 23.6 Å². The second-order valence-electron chi connectivity index (χ2n) is 8.76. The third kappa shape index (κ3) is 11.1. The van der Waals surface area contributed by atoms with Crippen LogP contribution in [-0.2, 0) is 40.0 Å². The summed E-state index contributed by atoms with van der Waals surface area (Å²) in [5, 5.41) is 9.89. The Balaban J connectivity index is 1.65. The van der Waals surface area contributed by atoms with Crippen molar-refractivity contribution in [2.24, 2.45) is 0 Å². The zero-order chi connectivity index (χ0) is 27.9. The molecule has 1 aromatic rings. The zero-order valence-corrected chi connectivity index (χ0v) is 21.3. The Hall–Kier alpha value is -4.35. The van der Waals surface area contributed by atoms with E-state index in [-0.39, 0.29) is 49.4 Å². The van der Waals surface area contributed by atoms with Crippen LogP contribution in [0.3, 0.4) is 0 Å². The molecule has 1 atom stereocenters. The summed E-state index contributed by atoms with van der Waals surface area (Å²) in [6.07, 6.45) is 4.53. The molecule has 0 saturated heterocycles. The topological polar surface area (TPSA) is 171 Å². The van der Waals surface area contributed by atoms with Gasteiger partial charge in [0.25, 0.3) is 11.8 Å². The summed E-state index contributed by atoms with van der Waals surface area (Å²) in [7, 11) is 0. The summed E-state index contributed by atoms with van der Waals surface area (Å²) in [6.45, 7) is 0.746. The van der Waals surface area contributed by atoms with Crippen LogP contribution < -0.4 is 21.3 Å². The Bertz CT molecular complexity index is 1050. The molecule has 0 saturated carbocycles. The molecule has 1 aliphatic rings. The molecule has 1 heterocycles. The first-order valence-corrected chi connectivity index (χ1v) is 12.3. The van der Waals surface area contributed by atoms with E-state index in [1.165, 1.54) is 19.1 Å². The highest BCUT2D eigenvalue weighted by Crippen LogP contribution is 2.07. The van der Waals surface area contributed by atoms with Gasteiger partial charge in [0.15, 0.2) is 0 Å². The summed E-state index contributed by atoms with van der Waals surface area (Å²) in [6, 6.07) is 8.07. The lowest BCUT2D eigenvalue weighted by atomic mass is 10.1. The van der Waals surface area contributed by atoms with Gasteiger partial charge in [-0.15, -0.1) is 0 Å². The van der Waals surface area contributed by atoms with E-state index < -0.39 is 30.3 Å². The molecule has 38 heavy (non-hydrogen) atoms. The van der Waals surface area contributed by atoms with Crippen molar-refractivity contribution < 1.29 is 33.6 Å². The number of benzene rings is 1. The van der Waals surface area contributed by atoms with E-state index in [2.05, 4.69) is 21.3 Å². The lowest BCUT2D eigenvalue weighted by Gasteiger charge is -2.18. The molecule has 6 amide bonds. The standard InChI is InChI=1S/C26H33N5O7/c1-18(32)15-29-26(38)20(14-19-8-4-2-5-9-19)30-23(35)17-28-22(34)16-27-21(33)10-6-3-7-13-31-24(36)11-12-25(31)37/h2,4-5,8-9,11-12,20H,3,6-7,10,13-17H2,1H3,(H,27,33)(H,28,34)(H,29,38)(H,30,35)/t20-/m0/s1. The first kappa shape index (κ1) is 29.9. The summed E-state index contributed by atoms with van der Waals surface area (Å²) in [5.74, 6) is -2.95. The zero-order valence-electron chi connectivity index (χ0n) is 21.3. The lowest BCUT2D eigenvalue weighted by Crippen LogP contribution is -2.51. The van der Waals surface area contributed by atoms with Crippen molar-refractivity contribution in [2.45, 2.75) is 45.1 Å². The summed E-state index contributed by atoms with van der Waals surface area (Å²) in [4.78, 5) is 84.1. The molecule has 0 fully saturated rings. The van der Waals surface area contributed by atoms with E-state index in [1.807, 2.05) is 6.07 Å². The number of unbranched alkanes of at least 4 members (excludes halogenated alkanes) is 2. The molecule has 2 rings (SSSR count). The lowest BCUT2D eigenvalue weighted by molar-refractivity contribution is -0.137. The summed E-state index contributed by atoms with van der Waals surface area (Å²) >= 11 is 0. The molecule has 204 valence electrons. The summed E-state index contributed by atoms with van der Waals surface area (Å²) in [5.41, 5.74) is 0.803. The van der Waals surface area contributed by atoms with E-state index in [9.17, 15) is 33.6 Å². The molecule has 0 spiro atoms. The van der Waals surface area contributed by atoms with Crippen LogP contribution in [0.15, 0.2) is 42.5 Å². The molecule has 1 aliphatic heterocycles. The molecule has 12 heteroatoms. The fraction of sp³-hybridized carbons (Fsp3) is 0.423. The molecule has 1 aromatic carbocycles. The first-order valence-electron chi connectivity index (χ1n) is 12.3. The predicted molar refractivity (Wildman–Crippen MR) is 136 cm³/mol. The van der Waals surface area contributed by atoms with Gasteiger partial charge in [-0.05, 0) is 25.3 Å². The van der Waals surface area contributed by atoms with E-state index in [4.69, 9.17) is 0 Å². The maximum Gasteiger partial charge on any atom is 0.253 e. The van der Waals surface area contributed by atoms with E-state index in [1.54, 1.807) is 24.3 Å². The van der Waals surface area contributed by atoms with Crippen molar-refractivity contribution in [1.82, 2.24) is 26.2 Å². The van der Waals surface area contributed by atoms with Crippen molar-refractivity contribution in [3.05, 3.63) is 48.0 Å². The van der Waals surface area contributed by atoms with Crippen LogP contribution in [0.4, 0.5) is 0 Å². The summed E-state index contributed by atoms with van der Waals surface area (Å²) < 4.78 is 0. The van der Waals surface area contributed by atoms with E-state index in [0.717, 1.165) is 10.5 Å². The van der Waals surface area contributed by atoms with Gasteiger partial charge in [0.05, 0.1) is 19.6 Å². The Labute approximate surface area is 220 Å². The minimum Gasteiger partial charge on any atom is -0.347 e. The smallest absolute Gasteiger partial charge is 0.253 e. The molecular formula is C26H33N5O7. The Morgan fingerprint density at radius 3 is 2.05 bits per heavy atom. The molecular weight excluding hydrogens is 494 g/mol. The number of nitrogens with zero attached hydrogens (tertiary/aromatic N) is 1. The number of amides is 6. The van der Waals surface area contributed by atoms with Gasteiger partial charge >= 0.3 is 0 Å². The second-order valence-corrected chi connectivity index (χ2v) is 8.76. The van der Waals surface area contributed by atoms with Crippen molar-refractivity contribution in [3.63, 3.8) is 0 Å². The van der Waals surface area contributed by atoms with Gasteiger partial charge in [-0.25, -0.2) is 0 Å². The minimum atomic E-state index is -0.946. The number of imide groups is 1. The van der Waals surface area contributed by atoms with Gasteiger partial charge in [0, 0.05) is 31.5 Å². The van der Waals surface area contributed by atoms with Gasteiger partial charge in [0.1, 0.15) is 11.8 Å². The van der Waals surface area contributed by atoms with Crippen LogP contribution in [0.25, 0.3) is 0 Å². The van der Waals surface area contributed by atoms with Crippen LogP contribution >= 0.6 is 0 Å². The monoisotopic (exact) mass is 527 g/mol. The number of nitrogens with one attached hydrogen (secondary N) is 4. The van der Waals surface area contributed by atoms with E-state index in [0.29, 0.717) is 25.8 Å². The SMILES string of the molecule is CC(=O)CNC(=O)[C@H](Cc1ccccc1)NC(=O)CNC(=O)CNC(=O)CCCCCN1C(=O)C=CC1=O. The van der Waals surface area contributed by atoms with Crippen LogP contribution in [0.1, 0.15) is 38.2 Å². The Morgan fingerprint density at radius 1 is 0.763 bits per heavy atom. The fourth-order valence-electron chi connectivity index (χ4n) is 3.53. The fourth-order valence-corrected chi connectivity index (χ4v) is 3.53. The molecule has 0 radical (unpaired) electrons. The van der Waals surface area contributed by atoms with Crippen LogP contribution in [-0.4, -0.2) is 78.3 Å². The second kappa shape index (κ2) is 15.7. The van der Waals surface area contributed by atoms with Crippen molar-refractivity contribution in [1.29, 1.82) is 0 Å². The highest BCUT2D eigenvalue weighted by molar-refractivity contribution is 6.12. The van der Waals surface area contributed by atoms with Crippen molar-refractivity contribution in [3.8, 4) is 0 Å². The van der Waals surface area contributed by atoms with Gasteiger partial charge in [-0.1, -0.05) is 36.8 Å². The average Bonchev–Trinajstić information content (AvgIpc) is 3.21. The molecule has 12 nitrogen and oxygen atoms in total. The van der Waals surface area contributed by atoms with Crippen LogP contribution in [0.5, 0.6) is 0 Å². The predicted octanol–water partition coefficient (Wildman–Crippen LogP) is -0.863. The van der Waals surface area contributed by atoms with Gasteiger partial charge in [-0.2, -0.15) is 0 Å². The maximum atomic E-state index is 12.5. The quantitative estimate of drug-likeness (QED) is 0.160. The molecule has 0 unspecified atom stereocenters. The Kier molecular flexibility index (Phi) is 12.3. The van der Waals surface area contributed by atoms with Gasteiger partial charge in [-0.3, -0.25) is 38.5 Å². The normalized spacial score (nSPS) is 13.1. The van der Waals surface area contributed by atoms with Gasteiger partial charge < -0.3 is 21.3 Å². The highest BCUT2D eigenvalue weighted by atomic mass is 16.2.